The highest BCUT2D eigenvalue weighted by molar-refractivity contribution is 5.80. The molecule has 0 radical (unpaired) electrons. The first-order valence-corrected chi connectivity index (χ1v) is 16.6. The van der Waals surface area contributed by atoms with E-state index in [9.17, 15) is 0 Å². The van der Waals surface area contributed by atoms with Crippen LogP contribution in [-0.2, 0) is 6.54 Å². The van der Waals surface area contributed by atoms with E-state index in [4.69, 9.17) is 5.73 Å². The van der Waals surface area contributed by atoms with E-state index in [1.165, 1.54) is 24.0 Å². The summed E-state index contributed by atoms with van der Waals surface area (Å²) in [6, 6.07) is 29.7. The molecule has 0 aliphatic carbocycles. The number of fused-ring (bicyclic) bond motifs is 1. The van der Waals surface area contributed by atoms with Gasteiger partial charge in [-0.2, -0.15) is 0 Å². The highest BCUT2D eigenvalue weighted by atomic mass is 15.1. The van der Waals surface area contributed by atoms with Crippen LogP contribution in [0.5, 0.6) is 0 Å². The smallest absolute Gasteiger partial charge is 0.143 e. The molecule has 2 N–H and O–H groups in total. The molecular formula is C39H60N4. The number of rotatable bonds is 11. The monoisotopic (exact) mass is 584 g/mol. The maximum Gasteiger partial charge on any atom is 0.143 e. The van der Waals surface area contributed by atoms with E-state index in [1.807, 2.05) is 26.0 Å². The summed E-state index contributed by atoms with van der Waals surface area (Å²) in [5.41, 5.74) is 10.3. The summed E-state index contributed by atoms with van der Waals surface area (Å²) in [7, 11) is 0. The standard InChI is InChI=1S/C16H23N3.C15H16.C6H15N.C2H6/c1-4-10-19(11-5-2)12-16-17-13(3)14-8-6-7-9-15(14)18-16;1-2-15(13-9-5-3-6-10-13)14-11-7-4-8-12-14;1-5(2)6(3)4-7;1-2/h6-9H,4-5,10-12H2,1-3H3;3-12,15H,2H2,1H3;5-6H,4,7H2,1-3H3;1-2H3. The summed E-state index contributed by atoms with van der Waals surface area (Å²) in [4.78, 5) is 11.8. The Morgan fingerprint density at radius 2 is 1.19 bits per heavy atom. The number of benzene rings is 3. The van der Waals surface area contributed by atoms with Gasteiger partial charge in [-0.1, -0.05) is 134 Å². The van der Waals surface area contributed by atoms with Crippen LogP contribution < -0.4 is 5.73 Å². The fraction of sp³-hybridized carbons (Fsp3) is 0.487. The van der Waals surface area contributed by atoms with E-state index in [0.717, 1.165) is 60.9 Å². The lowest BCUT2D eigenvalue weighted by Gasteiger charge is -2.20. The molecule has 4 aromatic rings. The van der Waals surface area contributed by atoms with Crippen molar-refractivity contribution in [1.29, 1.82) is 0 Å². The molecule has 4 rings (SSSR count). The van der Waals surface area contributed by atoms with E-state index in [2.05, 4.69) is 136 Å². The van der Waals surface area contributed by atoms with Crippen molar-refractivity contribution >= 4 is 10.9 Å². The second-order valence-electron chi connectivity index (χ2n) is 11.3. The van der Waals surface area contributed by atoms with Crippen LogP contribution in [0.25, 0.3) is 10.9 Å². The summed E-state index contributed by atoms with van der Waals surface area (Å²) in [6.45, 7) is 23.2. The summed E-state index contributed by atoms with van der Waals surface area (Å²) in [5.74, 6) is 2.90. The Hall–Kier alpha value is -3.08. The Morgan fingerprint density at radius 3 is 1.60 bits per heavy atom. The normalized spacial score (nSPS) is 11.3. The average molecular weight is 585 g/mol. The molecule has 4 nitrogen and oxygen atoms in total. The largest absolute Gasteiger partial charge is 0.330 e. The molecule has 1 heterocycles. The lowest BCUT2D eigenvalue weighted by atomic mass is 9.89. The first-order chi connectivity index (χ1) is 20.8. The van der Waals surface area contributed by atoms with Gasteiger partial charge in [-0.15, -0.1) is 0 Å². The molecule has 0 spiro atoms. The molecule has 0 saturated heterocycles. The van der Waals surface area contributed by atoms with E-state index >= 15 is 0 Å². The number of nitrogens with zero attached hydrogens (tertiary/aromatic N) is 3. The molecule has 4 heteroatoms. The van der Waals surface area contributed by atoms with Crippen molar-refractivity contribution in [3.8, 4) is 0 Å². The second kappa shape index (κ2) is 22.5. The Morgan fingerprint density at radius 1 is 0.698 bits per heavy atom. The van der Waals surface area contributed by atoms with E-state index in [-0.39, 0.29) is 0 Å². The number of aryl methyl sites for hydroxylation is 1. The van der Waals surface area contributed by atoms with Gasteiger partial charge >= 0.3 is 0 Å². The van der Waals surface area contributed by atoms with Gasteiger partial charge in [0.2, 0.25) is 0 Å². The summed E-state index contributed by atoms with van der Waals surface area (Å²) >= 11 is 0. The molecule has 1 atom stereocenters. The third-order valence-electron chi connectivity index (χ3n) is 7.61. The third-order valence-corrected chi connectivity index (χ3v) is 7.61. The number of nitrogens with two attached hydrogens (primary N) is 1. The number of hydrogen-bond donors (Lipinski definition) is 1. The van der Waals surface area contributed by atoms with Crippen LogP contribution in [0.15, 0.2) is 84.9 Å². The highest BCUT2D eigenvalue weighted by Crippen LogP contribution is 2.27. The van der Waals surface area contributed by atoms with Crippen LogP contribution in [0.4, 0.5) is 0 Å². The van der Waals surface area contributed by atoms with Gasteiger partial charge in [0.05, 0.1) is 12.1 Å². The van der Waals surface area contributed by atoms with E-state index in [0.29, 0.717) is 11.8 Å². The van der Waals surface area contributed by atoms with Crippen molar-refractivity contribution in [2.24, 2.45) is 17.6 Å². The van der Waals surface area contributed by atoms with Crippen LogP contribution in [0.2, 0.25) is 0 Å². The fourth-order valence-electron chi connectivity index (χ4n) is 4.77. The minimum absolute atomic E-state index is 0.535. The first kappa shape index (κ1) is 37.9. The molecule has 0 bridgehead atoms. The van der Waals surface area contributed by atoms with Crippen LogP contribution >= 0.6 is 0 Å². The lowest BCUT2D eigenvalue weighted by molar-refractivity contribution is 0.260. The van der Waals surface area contributed by atoms with Gasteiger partial charge in [-0.25, -0.2) is 9.97 Å². The minimum Gasteiger partial charge on any atom is -0.330 e. The van der Waals surface area contributed by atoms with Gasteiger partial charge in [0.25, 0.3) is 0 Å². The Kier molecular flexibility index (Phi) is 19.8. The van der Waals surface area contributed by atoms with Gasteiger partial charge in [0, 0.05) is 17.0 Å². The molecule has 0 amide bonds. The van der Waals surface area contributed by atoms with Crippen molar-refractivity contribution in [1.82, 2.24) is 14.9 Å². The zero-order valence-electron chi connectivity index (χ0n) is 28.7. The molecule has 0 saturated carbocycles. The van der Waals surface area contributed by atoms with Crippen LogP contribution in [-0.4, -0.2) is 34.5 Å². The Balaban J connectivity index is 0.000000343. The number of hydrogen-bond acceptors (Lipinski definition) is 4. The fourth-order valence-corrected chi connectivity index (χ4v) is 4.77. The van der Waals surface area contributed by atoms with Crippen molar-refractivity contribution in [3.05, 3.63) is 108 Å². The lowest BCUT2D eigenvalue weighted by Crippen LogP contribution is -2.26. The molecule has 1 aromatic heterocycles. The average Bonchev–Trinajstić information content (AvgIpc) is 3.04. The predicted octanol–water partition coefficient (Wildman–Crippen LogP) is 10.1. The van der Waals surface area contributed by atoms with Crippen molar-refractivity contribution in [2.45, 2.75) is 94.0 Å². The molecule has 3 aromatic carbocycles. The molecule has 43 heavy (non-hydrogen) atoms. The van der Waals surface area contributed by atoms with Crippen LogP contribution in [0, 0.1) is 18.8 Å². The van der Waals surface area contributed by atoms with Crippen LogP contribution in [0.1, 0.15) is 103 Å². The SMILES string of the molecule is CC.CC(C)C(C)CN.CCC(c1ccccc1)c1ccccc1.CCCN(CCC)Cc1nc(C)c2ccccc2n1. The van der Waals surface area contributed by atoms with Crippen molar-refractivity contribution in [3.63, 3.8) is 0 Å². The minimum atomic E-state index is 0.535. The predicted molar refractivity (Wildman–Crippen MR) is 190 cm³/mol. The maximum absolute atomic E-state index is 5.37. The summed E-state index contributed by atoms with van der Waals surface area (Å²) in [5, 5.41) is 1.16. The van der Waals surface area contributed by atoms with Crippen LogP contribution in [0.3, 0.4) is 0 Å². The van der Waals surface area contributed by atoms with Crippen molar-refractivity contribution < 1.29 is 0 Å². The second-order valence-corrected chi connectivity index (χ2v) is 11.3. The van der Waals surface area contributed by atoms with E-state index < -0.39 is 0 Å². The Bertz CT molecular complexity index is 1180. The van der Waals surface area contributed by atoms with Gasteiger partial charge < -0.3 is 5.73 Å². The zero-order valence-corrected chi connectivity index (χ0v) is 28.7. The number of aromatic nitrogens is 2. The first-order valence-electron chi connectivity index (χ1n) is 16.6. The maximum atomic E-state index is 5.37. The van der Waals surface area contributed by atoms with Gasteiger partial charge in [-0.05, 0) is 74.8 Å². The van der Waals surface area contributed by atoms with Gasteiger partial charge in [0.15, 0.2) is 0 Å². The molecule has 0 aliphatic heterocycles. The molecule has 0 fully saturated rings. The zero-order chi connectivity index (χ0) is 32.0. The molecule has 0 aliphatic rings. The molecule has 1 unspecified atom stereocenters. The van der Waals surface area contributed by atoms with Gasteiger partial charge in [0.1, 0.15) is 5.82 Å². The molecule has 236 valence electrons. The highest BCUT2D eigenvalue weighted by Gasteiger charge is 2.11. The summed E-state index contributed by atoms with van der Waals surface area (Å²) < 4.78 is 0. The van der Waals surface area contributed by atoms with E-state index in [1.54, 1.807) is 0 Å². The topological polar surface area (TPSA) is 55.0 Å². The number of para-hydroxylation sites is 1. The summed E-state index contributed by atoms with van der Waals surface area (Å²) in [6.07, 6.45) is 3.49. The third kappa shape index (κ3) is 13.8. The quantitative estimate of drug-likeness (QED) is 0.191. The molecular weight excluding hydrogens is 524 g/mol. The Labute approximate surface area is 264 Å². The van der Waals surface area contributed by atoms with Gasteiger partial charge in [-0.3, -0.25) is 4.90 Å². The van der Waals surface area contributed by atoms with Crippen molar-refractivity contribution in [2.75, 3.05) is 19.6 Å².